The molecule has 70 valence electrons. The van der Waals surface area contributed by atoms with Crippen molar-refractivity contribution in [2.45, 2.75) is 6.10 Å². The first kappa shape index (κ1) is 8.47. The second-order valence-corrected chi connectivity index (χ2v) is 2.88. The van der Waals surface area contributed by atoms with E-state index in [0.717, 1.165) is 0 Å². The normalized spacial score (nSPS) is 22.9. The number of H-pyrrole nitrogens is 1. The van der Waals surface area contributed by atoms with Crippen LogP contribution < -0.4 is 0 Å². The van der Waals surface area contributed by atoms with Crippen molar-refractivity contribution in [2.24, 2.45) is 0 Å². The standard InChI is InChI=1S/C9H11NO3/c11-9(7-2-1-3-10-7)8-6-12-4-5-13-8/h1-3,8,10H,4-6H2. The molecule has 1 unspecified atom stereocenters. The Hall–Kier alpha value is -1.13. The Kier molecular flexibility index (Phi) is 2.42. The van der Waals surface area contributed by atoms with Gasteiger partial charge in [-0.05, 0) is 12.1 Å². The van der Waals surface area contributed by atoms with Gasteiger partial charge in [-0.25, -0.2) is 0 Å². The van der Waals surface area contributed by atoms with E-state index in [1.54, 1.807) is 18.3 Å². The molecule has 1 N–H and O–H groups in total. The largest absolute Gasteiger partial charge is 0.376 e. The lowest BCUT2D eigenvalue weighted by molar-refractivity contribution is -0.0720. The Morgan fingerprint density at radius 3 is 3.08 bits per heavy atom. The molecular weight excluding hydrogens is 170 g/mol. The van der Waals surface area contributed by atoms with Crippen LogP contribution in [0.5, 0.6) is 0 Å². The van der Waals surface area contributed by atoms with Gasteiger partial charge in [0.05, 0.1) is 25.5 Å². The highest BCUT2D eigenvalue weighted by Crippen LogP contribution is 2.07. The fraction of sp³-hybridized carbons (Fsp3) is 0.444. The molecule has 1 aromatic rings. The van der Waals surface area contributed by atoms with Crippen molar-refractivity contribution in [1.29, 1.82) is 0 Å². The van der Waals surface area contributed by atoms with Gasteiger partial charge in [0.15, 0.2) is 0 Å². The van der Waals surface area contributed by atoms with Crippen LogP contribution in [0.1, 0.15) is 10.5 Å². The third-order valence-electron chi connectivity index (χ3n) is 1.97. The van der Waals surface area contributed by atoms with E-state index in [2.05, 4.69) is 4.98 Å². The van der Waals surface area contributed by atoms with Crippen LogP contribution in [0.15, 0.2) is 18.3 Å². The topological polar surface area (TPSA) is 51.3 Å². The molecule has 0 amide bonds. The fourth-order valence-electron chi connectivity index (χ4n) is 1.30. The average Bonchev–Trinajstić information content (AvgIpc) is 2.71. The van der Waals surface area contributed by atoms with Crippen LogP contribution in [0, 0.1) is 0 Å². The number of ketones is 1. The molecule has 0 aromatic carbocycles. The van der Waals surface area contributed by atoms with E-state index in [1.165, 1.54) is 0 Å². The van der Waals surface area contributed by atoms with Gasteiger partial charge in [-0.2, -0.15) is 0 Å². The van der Waals surface area contributed by atoms with E-state index in [9.17, 15) is 4.79 Å². The summed E-state index contributed by atoms with van der Waals surface area (Å²) in [5.74, 6) is -0.0373. The van der Waals surface area contributed by atoms with Gasteiger partial charge in [0, 0.05) is 6.20 Å². The van der Waals surface area contributed by atoms with E-state index in [-0.39, 0.29) is 5.78 Å². The Morgan fingerprint density at radius 1 is 1.54 bits per heavy atom. The van der Waals surface area contributed by atoms with Crippen molar-refractivity contribution >= 4 is 5.78 Å². The van der Waals surface area contributed by atoms with Crippen LogP contribution in [0.2, 0.25) is 0 Å². The third kappa shape index (κ3) is 1.79. The van der Waals surface area contributed by atoms with Crippen molar-refractivity contribution in [3.8, 4) is 0 Å². The number of ether oxygens (including phenoxy) is 2. The third-order valence-corrected chi connectivity index (χ3v) is 1.97. The Bertz CT molecular complexity index is 275. The minimum absolute atomic E-state index is 0.0373. The lowest BCUT2D eigenvalue weighted by Gasteiger charge is -2.21. The molecule has 2 rings (SSSR count). The minimum atomic E-state index is -0.438. The first-order valence-corrected chi connectivity index (χ1v) is 4.25. The fourth-order valence-corrected chi connectivity index (χ4v) is 1.30. The van der Waals surface area contributed by atoms with E-state index in [0.29, 0.717) is 25.5 Å². The van der Waals surface area contributed by atoms with E-state index in [1.807, 2.05) is 0 Å². The van der Waals surface area contributed by atoms with Gasteiger partial charge in [-0.3, -0.25) is 4.79 Å². The number of carbonyl (C=O) groups is 1. The van der Waals surface area contributed by atoms with Crippen LogP contribution in [-0.2, 0) is 9.47 Å². The Labute approximate surface area is 75.8 Å². The number of aromatic amines is 1. The number of hydrogen-bond donors (Lipinski definition) is 1. The summed E-state index contributed by atoms with van der Waals surface area (Å²) in [7, 11) is 0. The van der Waals surface area contributed by atoms with E-state index < -0.39 is 6.10 Å². The summed E-state index contributed by atoms with van der Waals surface area (Å²) in [5.41, 5.74) is 0.579. The van der Waals surface area contributed by atoms with Gasteiger partial charge in [-0.15, -0.1) is 0 Å². The van der Waals surface area contributed by atoms with Crippen LogP contribution in [0.25, 0.3) is 0 Å². The average molecular weight is 181 g/mol. The number of aromatic nitrogens is 1. The maximum atomic E-state index is 11.6. The van der Waals surface area contributed by atoms with Gasteiger partial charge in [0.25, 0.3) is 0 Å². The summed E-state index contributed by atoms with van der Waals surface area (Å²) in [6, 6.07) is 3.53. The molecule has 2 heterocycles. The number of rotatable bonds is 2. The zero-order valence-corrected chi connectivity index (χ0v) is 7.16. The summed E-state index contributed by atoms with van der Waals surface area (Å²) in [6.07, 6.45) is 1.28. The number of carbonyl (C=O) groups excluding carboxylic acids is 1. The van der Waals surface area contributed by atoms with Crippen molar-refractivity contribution in [3.05, 3.63) is 24.0 Å². The molecule has 1 aliphatic rings. The highest BCUT2D eigenvalue weighted by molar-refractivity contribution is 5.98. The van der Waals surface area contributed by atoms with E-state index in [4.69, 9.17) is 9.47 Å². The van der Waals surface area contributed by atoms with E-state index >= 15 is 0 Å². The zero-order chi connectivity index (χ0) is 9.10. The van der Waals surface area contributed by atoms with Crippen molar-refractivity contribution in [3.63, 3.8) is 0 Å². The van der Waals surface area contributed by atoms with Gasteiger partial charge in [0.2, 0.25) is 5.78 Å². The van der Waals surface area contributed by atoms with Crippen LogP contribution in [0.3, 0.4) is 0 Å². The number of nitrogens with one attached hydrogen (secondary N) is 1. The first-order valence-electron chi connectivity index (χ1n) is 4.25. The van der Waals surface area contributed by atoms with Crippen molar-refractivity contribution < 1.29 is 14.3 Å². The monoisotopic (exact) mass is 181 g/mol. The summed E-state index contributed by atoms with van der Waals surface area (Å²) in [6.45, 7) is 1.43. The summed E-state index contributed by atoms with van der Waals surface area (Å²) >= 11 is 0. The molecule has 0 saturated carbocycles. The predicted molar refractivity (Wildman–Crippen MR) is 45.7 cm³/mol. The molecule has 4 heteroatoms. The van der Waals surface area contributed by atoms with Crippen LogP contribution in [-0.4, -0.2) is 36.7 Å². The minimum Gasteiger partial charge on any atom is -0.376 e. The molecule has 4 nitrogen and oxygen atoms in total. The highest BCUT2D eigenvalue weighted by atomic mass is 16.6. The zero-order valence-electron chi connectivity index (χ0n) is 7.16. The number of Topliss-reactive ketones (excluding diaryl/α,β-unsaturated/α-hetero) is 1. The molecule has 0 bridgehead atoms. The smallest absolute Gasteiger partial charge is 0.210 e. The lowest BCUT2D eigenvalue weighted by atomic mass is 10.2. The SMILES string of the molecule is O=C(c1ccc[nH]1)C1COCCO1. The molecule has 0 spiro atoms. The predicted octanol–water partition coefficient (Wildman–Crippen LogP) is 0.613. The van der Waals surface area contributed by atoms with Gasteiger partial charge < -0.3 is 14.5 Å². The maximum Gasteiger partial charge on any atom is 0.210 e. The summed E-state index contributed by atoms with van der Waals surface area (Å²) in [4.78, 5) is 14.5. The lowest BCUT2D eigenvalue weighted by Crippen LogP contribution is -2.35. The molecule has 1 saturated heterocycles. The second-order valence-electron chi connectivity index (χ2n) is 2.88. The summed E-state index contributed by atoms with van der Waals surface area (Å²) < 4.78 is 10.4. The molecule has 13 heavy (non-hydrogen) atoms. The first-order chi connectivity index (χ1) is 6.38. The Balaban J connectivity index is 2.04. The van der Waals surface area contributed by atoms with Crippen molar-refractivity contribution in [1.82, 2.24) is 4.98 Å². The molecular formula is C9H11NO3. The van der Waals surface area contributed by atoms with Crippen molar-refractivity contribution in [2.75, 3.05) is 19.8 Å². The number of hydrogen-bond acceptors (Lipinski definition) is 3. The summed E-state index contributed by atoms with van der Waals surface area (Å²) in [5, 5.41) is 0. The van der Waals surface area contributed by atoms with Crippen LogP contribution >= 0.6 is 0 Å². The molecule has 0 radical (unpaired) electrons. The van der Waals surface area contributed by atoms with Gasteiger partial charge >= 0.3 is 0 Å². The van der Waals surface area contributed by atoms with Crippen LogP contribution in [0.4, 0.5) is 0 Å². The quantitative estimate of drug-likeness (QED) is 0.680. The highest BCUT2D eigenvalue weighted by Gasteiger charge is 2.24. The molecule has 1 atom stereocenters. The molecule has 0 aliphatic carbocycles. The van der Waals surface area contributed by atoms with Gasteiger partial charge in [-0.1, -0.05) is 0 Å². The maximum absolute atomic E-state index is 11.6. The molecule has 1 aliphatic heterocycles. The van der Waals surface area contributed by atoms with Gasteiger partial charge in [0.1, 0.15) is 6.10 Å². The Morgan fingerprint density at radius 2 is 2.46 bits per heavy atom. The second kappa shape index (κ2) is 3.72. The molecule has 1 fully saturated rings. The molecule has 1 aromatic heterocycles.